The zero-order chi connectivity index (χ0) is 49.2. The average molecular weight is 924 g/mol. The Bertz CT molecular complexity index is 1490. The lowest BCUT2D eigenvalue weighted by molar-refractivity contribution is -0.141. The van der Waals surface area contributed by atoms with Crippen molar-refractivity contribution in [3.63, 3.8) is 0 Å². The van der Waals surface area contributed by atoms with E-state index in [1.54, 1.807) is 27.7 Å². The van der Waals surface area contributed by atoms with Crippen LogP contribution in [0, 0.1) is 11.8 Å². The van der Waals surface area contributed by atoms with Crippen LogP contribution >= 0.6 is 0 Å². The molecule has 0 aromatic heterocycles. The first-order valence-electron chi connectivity index (χ1n) is 23.5. The molecule has 0 spiro atoms. The molecule has 0 saturated carbocycles. The summed E-state index contributed by atoms with van der Waals surface area (Å²) in [6, 6.07) is -4.82. The molecule has 65 heavy (non-hydrogen) atoms. The predicted molar refractivity (Wildman–Crippen MR) is 254 cm³/mol. The summed E-state index contributed by atoms with van der Waals surface area (Å²) in [5.74, 6) is -4.81. The molecule has 374 valence electrons. The molecule has 5 atom stereocenters. The van der Waals surface area contributed by atoms with Crippen LogP contribution in [0.3, 0.4) is 0 Å². The van der Waals surface area contributed by atoms with Gasteiger partial charge in [-0.25, -0.2) is 0 Å². The summed E-state index contributed by atoms with van der Waals surface area (Å²) in [5, 5.41) is 16.9. The smallest absolute Gasteiger partial charge is 0.325 e. The van der Waals surface area contributed by atoms with Crippen molar-refractivity contribution in [2.24, 2.45) is 50.5 Å². The Morgan fingerprint density at radius 1 is 0.554 bits per heavy atom. The van der Waals surface area contributed by atoms with Crippen molar-refractivity contribution in [2.75, 3.05) is 39.8 Å². The van der Waals surface area contributed by atoms with E-state index in [2.05, 4.69) is 53.5 Å². The van der Waals surface area contributed by atoms with E-state index in [4.69, 9.17) is 28.7 Å². The van der Waals surface area contributed by atoms with Crippen LogP contribution in [0.25, 0.3) is 0 Å². The van der Waals surface area contributed by atoms with Gasteiger partial charge in [-0.2, -0.15) is 0 Å². The molecule has 16 N–H and O–H groups in total. The van der Waals surface area contributed by atoms with Crippen LogP contribution < -0.4 is 60.6 Å². The third kappa shape index (κ3) is 29.2. The Hall–Kier alpha value is -5.05. The first kappa shape index (κ1) is 59.9. The normalized spacial score (nSPS) is 13.4. The third-order valence-corrected chi connectivity index (χ3v) is 10.7. The zero-order valence-corrected chi connectivity index (χ0v) is 40.1. The fraction of sp³-hybridized carbons (Fsp3) is 0.795. The number of ether oxygens (including phenoxy) is 1. The van der Waals surface area contributed by atoms with E-state index in [0.717, 1.165) is 19.3 Å². The number of nitrogens with one attached hydrogen (secondary N) is 6. The number of carbonyl (C=O) groups excluding carboxylic acids is 7. The predicted octanol–water partition coefficient (Wildman–Crippen LogP) is 0.211. The summed E-state index contributed by atoms with van der Waals surface area (Å²) in [5.41, 5.74) is 27.7. The number of nitrogens with zero attached hydrogens (tertiary/aromatic N) is 2. The minimum atomic E-state index is -1.10. The molecule has 5 amide bonds. The maximum absolute atomic E-state index is 14.0. The second-order valence-electron chi connectivity index (χ2n) is 17.1. The second kappa shape index (κ2) is 36.2. The number of nitrogens with two attached hydrogens (primary N) is 5. The van der Waals surface area contributed by atoms with E-state index < -0.39 is 65.6 Å². The number of aliphatic imine (C=N–C) groups is 2. The molecule has 0 aromatic carbocycles. The van der Waals surface area contributed by atoms with Gasteiger partial charge in [0.1, 0.15) is 24.7 Å². The van der Waals surface area contributed by atoms with Crippen molar-refractivity contribution < 1.29 is 38.3 Å². The molecule has 0 aliphatic heterocycles. The highest BCUT2D eigenvalue weighted by Crippen LogP contribution is 2.12. The van der Waals surface area contributed by atoms with E-state index in [0.29, 0.717) is 51.7 Å². The van der Waals surface area contributed by atoms with Crippen LogP contribution in [0.15, 0.2) is 9.98 Å². The Balaban J connectivity index is 6.07. The van der Waals surface area contributed by atoms with Crippen molar-refractivity contribution in [1.82, 2.24) is 31.9 Å². The number of amides is 5. The fourth-order valence-electron chi connectivity index (χ4n) is 6.80. The first-order valence-corrected chi connectivity index (χ1v) is 23.5. The van der Waals surface area contributed by atoms with Crippen molar-refractivity contribution in [1.29, 1.82) is 0 Å². The number of hydrogen-bond acceptors (Lipinski definition) is 12. The van der Waals surface area contributed by atoms with Crippen LogP contribution in [-0.4, -0.2) is 123 Å². The number of unbranched alkanes of at least 4 members (excludes halogenated alkanes) is 8. The van der Waals surface area contributed by atoms with Gasteiger partial charge in [0.25, 0.3) is 0 Å². The summed E-state index contributed by atoms with van der Waals surface area (Å²) in [4.78, 5) is 101. The molecule has 0 aliphatic carbocycles. The van der Waals surface area contributed by atoms with Gasteiger partial charge in [-0.15, -0.1) is 0 Å². The molecule has 21 nitrogen and oxygen atoms in total. The minimum Gasteiger partial charge on any atom is -0.468 e. The van der Waals surface area contributed by atoms with Gasteiger partial charge >= 0.3 is 5.97 Å². The molecule has 0 aromatic rings. The molecule has 0 heterocycles. The van der Waals surface area contributed by atoms with Crippen LogP contribution in [0.1, 0.15) is 144 Å². The second-order valence-corrected chi connectivity index (χ2v) is 17.1. The number of ketones is 1. The van der Waals surface area contributed by atoms with Gasteiger partial charge in [-0.05, 0) is 76.3 Å². The molecular weight excluding hydrogens is 839 g/mol. The number of carbonyl (C=O) groups is 7. The van der Waals surface area contributed by atoms with Crippen LogP contribution in [0.4, 0.5) is 0 Å². The third-order valence-electron chi connectivity index (χ3n) is 10.7. The summed E-state index contributed by atoms with van der Waals surface area (Å²) in [6.45, 7) is 10.3. The van der Waals surface area contributed by atoms with Crippen molar-refractivity contribution in [3.8, 4) is 0 Å². The monoisotopic (exact) mass is 924 g/mol. The quantitative estimate of drug-likeness (QED) is 0.0171. The van der Waals surface area contributed by atoms with Gasteiger partial charge < -0.3 is 65.3 Å². The summed E-state index contributed by atoms with van der Waals surface area (Å²) in [7, 11) is 1.18. The Kier molecular flexibility index (Phi) is 33.4. The van der Waals surface area contributed by atoms with Crippen LogP contribution in [-0.2, 0) is 38.3 Å². The van der Waals surface area contributed by atoms with Crippen LogP contribution in [0.2, 0.25) is 0 Å². The Labute approximate surface area is 386 Å². The van der Waals surface area contributed by atoms with Crippen molar-refractivity contribution in [2.45, 2.75) is 174 Å². The average Bonchev–Trinajstić information content (AvgIpc) is 3.25. The lowest BCUT2D eigenvalue weighted by Gasteiger charge is -2.28. The highest BCUT2D eigenvalue weighted by Gasteiger charge is 2.32. The lowest BCUT2D eigenvalue weighted by atomic mass is 9.99. The van der Waals surface area contributed by atoms with E-state index in [1.807, 2.05) is 0 Å². The van der Waals surface area contributed by atoms with Gasteiger partial charge in [0.05, 0.1) is 19.2 Å². The number of hydrogen-bond donors (Lipinski definition) is 11. The maximum Gasteiger partial charge on any atom is 0.325 e. The van der Waals surface area contributed by atoms with Gasteiger partial charge in [0.2, 0.25) is 29.5 Å². The van der Waals surface area contributed by atoms with Gasteiger partial charge in [-0.1, -0.05) is 79.6 Å². The molecule has 0 unspecified atom stereocenters. The molecule has 0 bridgehead atoms. The van der Waals surface area contributed by atoms with E-state index in [1.165, 1.54) is 39.2 Å². The first-order chi connectivity index (χ1) is 30.9. The number of rotatable bonds is 38. The van der Waals surface area contributed by atoms with Crippen molar-refractivity contribution >= 4 is 53.2 Å². The molecule has 0 saturated heterocycles. The SMILES string of the molecule is CCCCCCCCCCN[C@@H](CCCN=C(N)N)C(=O)N[C@H](C(=O)N[C@@H](CCCCN)C(=O)N[C@@H](CCCN=C(N)N)C(=O)CCC(=O)N[C@@H](C(=O)NCC(=O)OC)C(C)C)C(C)C. The molecular formula is C44H85N13O8. The number of Topliss-reactive ketones (excluding diaryl/α,β-unsaturated/α-hetero) is 1. The topological polar surface area (TPSA) is 356 Å². The van der Waals surface area contributed by atoms with Crippen molar-refractivity contribution in [3.05, 3.63) is 0 Å². The van der Waals surface area contributed by atoms with E-state index in [-0.39, 0.29) is 68.4 Å². The standard InChI is InChI=1S/C44H85N13O8/c1-7-8-9-10-11-12-13-16-25-50-32(21-18-27-52-44(48)49)39(61)57-38(30(4)5)42(64)55-33(19-14-15-24-45)40(62)54-31(20-17-26-51-43(46)47)34(58)22-23-35(59)56-37(29(2)3)41(63)53-28-36(60)65-6/h29-33,37-38,50H,7-28,45H2,1-6H3,(H,53,63)(H,54,62)(H,55,64)(H,56,59)(H,57,61)(H4,46,47,51)(H4,48,49,52)/t31-,32-,33-,37+,38-/m0/s1. The van der Waals surface area contributed by atoms with Crippen LogP contribution in [0.5, 0.6) is 0 Å². The summed E-state index contributed by atoms with van der Waals surface area (Å²) in [6.07, 6.45) is 11.1. The summed E-state index contributed by atoms with van der Waals surface area (Å²) < 4.78 is 4.55. The molecule has 0 fully saturated rings. The van der Waals surface area contributed by atoms with E-state index in [9.17, 15) is 33.6 Å². The van der Waals surface area contributed by atoms with Gasteiger partial charge in [0.15, 0.2) is 17.7 Å². The highest BCUT2D eigenvalue weighted by molar-refractivity contribution is 5.96. The Morgan fingerprint density at radius 3 is 1.60 bits per heavy atom. The molecule has 21 heteroatoms. The lowest BCUT2D eigenvalue weighted by Crippen LogP contribution is -2.58. The fourth-order valence-corrected chi connectivity index (χ4v) is 6.80. The number of methoxy groups -OCH3 is 1. The summed E-state index contributed by atoms with van der Waals surface area (Å²) >= 11 is 0. The minimum absolute atomic E-state index is 0.0400. The molecule has 0 radical (unpaired) electrons. The molecule has 0 aliphatic rings. The highest BCUT2D eigenvalue weighted by atomic mass is 16.5. The van der Waals surface area contributed by atoms with E-state index >= 15 is 0 Å². The largest absolute Gasteiger partial charge is 0.468 e. The van der Waals surface area contributed by atoms with Gasteiger partial charge in [0, 0.05) is 25.9 Å². The zero-order valence-electron chi connectivity index (χ0n) is 40.1. The Morgan fingerprint density at radius 2 is 1.06 bits per heavy atom. The molecule has 0 rings (SSSR count). The van der Waals surface area contributed by atoms with Gasteiger partial charge in [-0.3, -0.25) is 43.5 Å². The maximum atomic E-state index is 14.0. The number of guanidine groups is 2. The number of esters is 1.